The molecule has 1 fully saturated rings. The first-order chi connectivity index (χ1) is 23.8. The second kappa shape index (κ2) is 14.3. The van der Waals surface area contributed by atoms with Gasteiger partial charge in [0.2, 0.25) is 14.3 Å². The number of alkyl halides is 6. The maximum absolute atomic E-state index is 14.9. The van der Waals surface area contributed by atoms with E-state index in [1.54, 1.807) is 54.6 Å². The highest BCUT2D eigenvalue weighted by atomic mass is 31.2. The Bertz CT molecular complexity index is 1910. The summed E-state index contributed by atoms with van der Waals surface area (Å²) in [6, 6.07) is 19.6. The van der Waals surface area contributed by atoms with E-state index in [0.717, 1.165) is 18.6 Å². The van der Waals surface area contributed by atoms with Gasteiger partial charge >= 0.3 is 12.4 Å². The highest BCUT2D eigenvalue weighted by Gasteiger charge is 2.42. The van der Waals surface area contributed by atoms with Crippen molar-refractivity contribution in [2.24, 2.45) is 5.73 Å². The van der Waals surface area contributed by atoms with Crippen LogP contribution in [0.2, 0.25) is 0 Å². The maximum Gasteiger partial charge on any atom is 0.416 e. The Morgan fingerprint density at radius 1 is 0.900 bits per heavy atom. The smallest absolute Gasteiger partial charge is 0.346 e. The molecular weight excluding hydrogens is 681 g/mol. The van der Waals surface area contributed by atoms with Gasteiger partial charge in [0.15, 0.2) is 5.78 Å². The Morgan fingerprint density at radius 3 is 2.24 bits per heavy atom. The lowest BCUT2D eigenvalue weighted by molar-refractivity contribution is -0.138. The molecule has 1 amide bonds. The zero-order valence-electron chi connectivity index (χ0n) is 26.8. The number of unbranched alkanes of at least 4 members (excludes halogenated alkanes) is 1. The summed E-state index contributed by atoms with van der Waals surface area (Å²) < 4.78 is 92.1. The average Bonchev–Trinajstić information content (AvgIpc) is 3.42. The molecule has 1 aliphatic carbocycles. The summed E-state index contributed by atoms with van der Waals surface area (Å²) in [5, 5.41) is 2.44. The average molecular weight is 715 g/mol. The minimum absolute atomic E-state index is 0.195. The summed E-state index contributed by atoms with van der Waals surface area (Å²) in [7, 11) is -2.00. The van der Waals surface area contributed by atoms with Crippen LogP contribution in [0.3, 0.4) is 0 Å². The van der Waals surface area contributed by atoms with Gasteiger partial charge in [0.05, 0.1) is 18.1 Å². The lowest BCUT2D eigenvalue weighted by Crippen LogP contribution is -2.37. The summed E-state index contributed by atoms with van der Waals surface area (Å²) in [5.41, 5.74) is 9.23. The third-order valence-corrected chi connectivity index (χ3v) is 10.5. The summed E-state index contributed by atoms with van der Waals surface area (Å²) >= 11 is 0. The highest BCUT2D eigenvalue weighted by molar-refractivity contribution is 7.56. The van der Waals surface area contributed by atoms with Crippen LogP contribution in [0, 0.1) is 0 Å². The first kappa shape index (κ1) is 35.7. The molecule has 1 aliphatic heterocycles. The van der Waals surface area contributed by atoms with Crippen LogP contribution in [0.4, 0.5) is 26.3 Å². The summed E-state index contributed by atoms with van der Waals surface area (Å²) in [5.74, 6) is -2.41. The third kappa shape index (κ3) is 7.21. The maximum atomic E-state index is 14.9. The van der Waals surface area contributed by atoms with Gasteiger partial charge in [-0.15, -0.1) is 0 Å². The van der Waals surface area contributed by atoms with E-state index in [0.29, 0.717) is 63.5 Å². The van der Waals surface area contributed by atoms with E-state index in [9.17, 15) is 35.9 Å². The number of fused-ring (bicyclic) bond motifs is 3. The predicted molar refractivity (Wildman–Crippen MR) is 178 cm³/mol. The van der Waals surface area contributed by atoms with Crippen LogP contribution >= 0.6 is 8.38 Å². The van der Waals surface area contributed by atoms with Crippen molar-refractivity contribution in [3.05, 3.63) is 112 Å². The molecule has 3 N–H and O–H groups in total. The number of halogens is 6. The number of hydrogen-bond acceptors (Lipinski definition) is 5. The number of benzene rings is 4. The Hall–Kier alpha value is -4.09. The van der Waals surface area contributed by atoms with E-state index in [1.807, 2.05) is 6.92 Å². The molecule has 1 heterocycles. The Labute approximate surface area is 285 Å². The Balaban J connectivity index is 1.58. The second-order valence-electron chi connectivity index (χ2n) is 12.1. The lowest BCUT2D eigenvalue weighted by atomic mass is 9.86. The lowest BCUT2D eigenvalue weighted by Gasteiger charge is -2.31. The van der Waals surface area contributed by atoms with Crippen LogP contribution in [-0.4, -0.2) is 37.2 Å². The molecule has 4 aromatic rings. The highest BCUT2D eigenvalue weighted by Crippen LogP contribution is 2.52. The predicted octanol–water partition coefficient (Wildman–Crippen LogP) is 8.40. The molecule has 262 valence electrons. The minimum Gasteiger partial charge on any atom is -0.346 e. The molecule has 3 atom stereocenters. The van der Waals surface area contributed by atoms with Gasteiger partial charge in [-0.05, 0) is 70.0 Å². The quantitative estimate of drug-likeness (QED) is 0.103. The molecule has 6 rings (SSSR count). The third-order valence-electron chi connectivity index (χ3n) is 8.77. The van der Waals surface area contributed by atoms with Crippen molar-refractivity contribution < 1.29 is 45.0 Å². The summed E-state index contributed by atoms with van der Waals surface area (Å²) in [6.45, 7) is 0.678. The van der Waals surface area contributed by atoms with Crippen molar-refractivity contribution in [2.75, 3.05) is 13.2 Å². The number of amides is 1. The number of nitrogens with one attached hydrogen (secondary N) is 1. The topological polar surface area (TPSA) is 90.7 Å². The van der Waals surface area contributed by atoms with Crippen LogP contribution in [0.1, 0.15) is 70.3 Å². The van der Waals surface area contributed by atoms with Gasteiger partial charge < -0.3 is 20.1 Å². The molecule has 0 saturated carbocycles. The first-order valence-electron chi connectivity index (χ1n) is 16.1. The second-order valence-corrected chi connectivity index (χ2v) is 13.6. The van der Waals surface area contributed by atoms with Gasteiger partial charge in [0.1, 0.15) is 12.8 Å². The van der Waals surface area contributed by atoms with E-state index in [-0.39, 0.29) is 17.7 Å². The molecule has 6 nitrogen and oxygen atoms in total. The van der Waals surface area contributed by atoms with E-state index >= 15 is 0 Å². The van der Waals surface area contributed by atoms with E-state index < -0.39 is 56.7 Å². The zero-order chi connectivity index (χ0) is 35.8. The van der Waals surface area contributed by atoms with Crippen molar-refractivity contribution in [3.8, 4) is 22.3 Å². The number of hydrogen-bond donors (Lipinski definition) is 2. The molecule has 0 aromatic heterocycles. The Morgan fingerprint density at radius 2 is 1.58 bits per heavy atom. The number of nitrogens with two attached hydrogens (primary N) is 1. The molecule has 4 aromatic carbocycles. The number of carbonyl (C=O) groups is 2. The summed E-state index contributed by atoms with van der Waals surface area (Å²) in [4.78, 5) is 28.5. The van der Waals surface area contributed by atoms with Gasteiger partial charge in [0.25, 0.3) is 0 Å². The van der Waals surface area contributed by atoms with Crippen LogP contribution in [0.25, 0.3) is 22.3 Å². The normalized spacial score (nSPS) is 18.8. The van der Waals surface area contributed by atoms with Crippen LogP contribution in [0.5, 0.6) is 0 Å². The van der Waals surface area contributed by atoms with Crippen LogP contribution in [0.15, 0.2) is 78.9 Å². The van der Waals surface area contributed by atoms with E-state index in [2.05, 4.69) is 5.32 Å². The number of carbonyl (C=O) groups excluding carboxylic acids is 2. The first-order valence-corrected chi connectivity index (χ1v) is 17.3. The van der Waals surface area contributed by atoms with Crippen molar-refractivity contribution >= 4 is 25.4 Å². The van der Waals surface area contributed by atoms with Gasteiger partial charge in [-0.2, -0.15) is 26.3 Å². The van der Waals surface area contributed by atoms with Gasteiger partial charge in [0, 0.05) is 22.9 Å². The molecule has 1 saturated heterocycles. The number of rotatable bonds is 9. The fraction of sp³-hybridized carbons (Fsp3) is 0.297. The fourth-order valence-electron chi connectivity index (χ4n) is 6.49. The fourth-order valence-corrected chi connectivity index (χ4v) is 8.22. The Kier molecular flexibility index (Phi) is 10.2. The van der Waals surface area contributed by atoms with Gasteiger partial charge in [-0.3, -0.25) is 9.59 Å². The summed E-state index contributed by atoms with van der Waals surface area (Å²) in [6.07, 6.45) is -7.81. The van der Waals surface area contributed by atoms with Gasteiger partial charge in [-0.1, -0.05) is 74.0 Å². The molecule has 0 radical (unpaired) electrons. The van der Waals surface area contributed by atoms with Crippen molar-refractivity contribution in [2.45, 2.75) is 57.1 Å². The van der Waals surface area contributed by atoms with E-state index in [4.69, 9.17) is 14.8 Å². The molecular formula is C37H33F6N2O4P. The van der Waals surface area contributed by atoms with Crippen LogP contribution in [-0.2, 0) is 26.4 Å². The van der Waals surface area contributed by atoms with Crippen molar-refractivity contribution in [1.82, 2.24) is 5.32 Å². The monoisotopic (exact) mass is 714 g/mol. The molecule has 0 spiro atoms. The molecule has 2 aliphatic rings. The van der Waals surface area contributed by atoms with Crippen molar-refractivity contribution in [1.29, 1.82) is 0 Å². The molecule has 3 unspecified atom stereocenters. The minimum atomic E-state index is -4.63. The zero-order valence-corrected chi connectivity index (χ0v) is 27.7. The van der Waals surface area contributed by atoms with Crippen LogP contribution < -0.4 is 16.4 Å². The van der Waals surface area contributed by atoms with Crippen molar-refractivity contribution in [3.63, 3.8) is 0 Å². The standard InChI is InChI=1S/C37H33F6N2O4P/c1-2-3-8-27-31-28(24-10-5-6-11-25(24)32(31)35(47)45-20-36(38,39)40)19-29(34(27)50-48-18-17-30(44)49-50)33(46)26-12-7-4-9-23(26)21-13-15-22(16-14-21)37(41,42)43/h4-7,9-16,19,30,32H,2-3,8,17-18,20,44H2,1H3,(H,45,47). The molecule has 13 heteroatoms. The SMILES string of the molecule is CCCCc1c2c(cc(C(=O)c3ccccc3-c3ccc(C(F)(F)F)cc3)c1P1OCCC(N)O1)-c1ccccc1C2C(=O)NCC(F)(F)F. The number of ketones is 1. The largest absolute Gasteiger partial charge is 0.416 e. The van der Waals surface area contributed by atoms with E-state index in [1.165, 1.54) is 12.1 Å². The molecule has 50 heavy (non-hydrogen) atoms. The molecule has 0 bridgehead atoms. The van der Waals surface area contributed by atoms with Gasteiger partial charge in [-0.25, -0.2) is 0 Å².